The van der Waals surface area contributed by atoms with Gasteiger partial charge in [0.15, 0.2) is 11.0 Å². The van der Waals surface area contributed by atoms with Gasteiger partial charge in [0.1, 0.15) is 0 Å². The van der Waals surface area contributed by atoms with Crippen molar-refractivity contribution in [3.8, 4) is 5.69 Å². The van der Waals surface area contributed by atoms with Crippen molar-refractivity contribution in [1.82, 2.24) is 20.1 Å². The Bertz CT molecular complexity index is 1680. The van der Waals surface area contributed by atoms with Gasteiger partial charge < -0.3 is 10.6 Å². The molecule has 0 unspecified atom stereocenters. The molecule has 0 atom stereocenters. The van der Waals surface area contributed by atoms with Gasteiger partial charge in [0.05, 0.1) is 33.5 Å². The standard InChI is InChI=1S/C27H22ClF3N6O4S/c1-15-4-3-5-19(10-15)36-23(13-32-25(39)17-7-6-16(2)22(11-17)37(40)41)34-35-26(36)42-14-24(38)33-21-12-18(27(29,30)31)8-9-20(21)28/h3-12H,13-14H2,1-2H3,(H,32,39)(H,33,38). The third-order valence-electron chi connectivity index (χ3n) is 5.94. The largest absolute Gasteiger partial charge is 0.416 e. The maximum Gasteiger partial charge on any atom is 0.416 e. The summed E-state index contributed by atoms with van der Waals surface area (Å²) in [5, 5.41) is 24.9. The summed E-state index contributed by atoms with van der Waals surface area (Å²) < 4.78 is 40.9. The lowest BCUT2D eigenvalue weighted by Crippen LogP contribution is -2.25. The zero-order chi connectivity index (χ0) is 30.6. The van der Waals surface area contributed by atoms with Gasteiger partial charge in [-0.15, -0.1) is 10.2 Å². The highest BCUT2D eigenvalue weighted by molar-refractivity contribution is 7.99. The molecule has 0 spiro atoms. The molecule has 3 aromatic carbocycles. The minimum atomic E-state index is -4.61. The number of carbonyl (C=O) groups excluding carboxylic acids is 2. The molecule has 0 bridgehead atoms. The van der Waals surface area contributed by atoms with Gasteiger partial charge in [-0.1, -0.05) is 41.6 Å². The van der Waals surface area contributed by atoms with Crippen LogP contribution < -0.4 is 10.6 Å². The second-order valence-electron chi connectivity index (χ2n) is 9.04. The van der Waals surface area contributed by atoms with Gasteiger partial charge in [-0.2, -0.15) is 13.2 Å². The van der Waals surface area contributed by atoms with E-state index in [-0.39, 0.29) is 39.4 Å². The van der Waals surface area contributed by atoms with E-state index in [2.05, 4.69) is 20.8 Å². The molecule has 0 aliphatic rings. The molecule has 0 aliphatic carbocycles. The lowest BCUT2D eigenvalue weighted by atomic mass is 10.1. The second kappa shape index (κ2) is 12.6. The van der Waals surface area contributed by atoms with E-state index in [0.29, 0.717) is 17.1 Å². The number of nitrogens with zero attached hydrogens (tertiary/aromatic N) is 4. The average Bonchev–Trinajstić information content (AvgIpc) is 3.34. The predicted molar refractivity (Wildman–Crippen MR) is 151 cm³/mol. The van der Waals surface area contributed by atoms with Crippen molar-refractivity contribution in [2.75, 3.05) is 11.1 Å². The summed E-state index contributed by atoms with van der Waals surface area (Å²) in [6.45, 7) is 3.34. The quantitative estimate of drug-likeness (QED) is 0.131. The van der Waals surface area contributed by atoms with Crippen LogP contribution in [0.15, 0.2) is 65.8 Å². The van der Waals surface area contributed by atoms with Crippen LogP contribution in [-0.4, -0.2) is 37.3 Å². The number of benzene rings is 3. The highest BCUT2D eigenvalue weighted by Crippen LogP contribution is 2.34. The highest BCUT2D eigenvalue weighted by Gasteiger charge is 2.31. The van der Waals surface area contributed by atoms with E-state index in [1.54, 1.807) is 23.6 Å². The fraction of sp³-hybridized carbons (Fsp3) is 0.185. The van der Waals surface area contributed by atoms with E-state index >= 15 is 0 Å². The van der Waals surface area contributed by atoms with E-state index in [1.165, 1.54) is 18.2 Å². The summed E-state index contributed by atoms with van der Waals surface area (Å²) in [5.74, 6) is -1.13. The van der Waals surface area contributed by atoms with Gasteiger partial charge in [-0.3, -0.25) is 24.3 Å². The van der Waals surface area contributed by atoms with Crippen LogP contribution in [0, 0.1) is 24.0 Å². The van der Waals surface area contributed by atoms with Crippen LogP contribution in [0.25, 0.3) is 5.69 Å². The van der Waals surface area contributed by atoms with Gasteiger partial charge in [0, 0.05) is 22.9 Å². The number of thioether (sulfide) groups is 1. The van der Waals surface area contributed by atoms with E-state index < -0.39 is 28.5 Å². The number of amides is 2. The molecular weight excluding hydrogens is 597 g/mol. The molecule has 4 rings (SSSR count). The topological polar surface area (TPSA) is 132 Å². The first-order valence-electron chi connectivity index (χ1n) is 12.2. The Morgan fingerprint density at radius 2 is 1.83 bits per heavy atom. The van der Waals surface area contributed by atoms with Crippen LogP contribution in [0.2, 0.25) is 5.02 Å². The van der Waals surface area contributed by atoms with Crippen molar-refractivity contribution in [2.45, 2.75) is 31.7 Å². The lowest BCUT2D eigenvalue weighted by Gasteiger charge is -2.13. The maximum absolute atomic E-state index is 13.1. The van der Waals surface area contributed by atoms with E-state index in [1.807, 2.05) is 19.1 Å². The smallest absolute Gasteiger partial charge is 0.345 e. The molecule has 0 fully saturated rings. The average molecular weight is 619 g/mol. The number of alkyl halides is 3. The van der Waals surface area contributed by atoms with Crippen LogP contribution in [-0.2, 0) is 17.5 Å². The van der Waals surface area contributed by atoms with Crippen molar-refractivity contribution in [3.05, 3.63) is 104 Å². The van der Waals surface area contributed by atoms with E-state index in [4.69, 9.17) is 11.6 Å². The predicted octanol–water partition coefficient (Wildman–Crippen LogP) is 6.13. The molecule has 218 valence electrons. The zero-order valence-electron chi connectivity index (χ0n) is 22.0. The molecule has 0 radical (unpaired) electrons. The minimum absolute atomic E-state index is 0.0544. The molecule has 0 saturated heterocycles. The van der Waals surface area contributed by atoms with Crippen LogP contribution in [0.1, 0.15) is 32.9 Å². The third kappa shape index (κ3) is 7.25. The van der Waals surface area contributed by atoms with Crippen LogP contribution >= 0.6 is 23.4 Å². The third-order valence-corrected chi connectivity index (χ3v) is 7.19. The number of carbonyl (C=O) groups is 2. The number of hydrogen-bond donors (Lipinski definition) is 2. The Morgan fingerprint density at radius 3 is 2.52 bits per heavy atom. The fourth-order valence-electron chi connectivity index (χ4n) is 3.86. The summed E-state index contributed by atoms with van der Waals surface area (Å²) in [6, 6.07) is 14.1. The van der Waals surface area contributed by atoms with Crippen LogP contribution in [0.4, 0.5) is 24.5 Å². The fourth-order valence-corrected chi connectivity index (χ4v) is 4.79. The number of anilines is 1. The van der Waals surface area contributed by atoms with Crippen molar-refractivity contribution in [2.24, 2.45) is 0 Å². The summed E-state index contributed by atoms with van der Waals surface area (Å²) in [6.07, 6.45) is -4.61. The van der Waals surface area contributed by atoms with Gasteiger partial charge in [0.2, 0.25) is 5.91 Å². The maximum atomic E-state index is 13.1. The molecule has 4 aromatic rings. The molecule has 15 heteroatoms. The van der Waals surface area contributed by atoms with Gasteiger partial charge in [-0.25, -0.2) is 0 Å². The molecule has 0 aliphatic heterocycles. The van der Waals surface area contributed by atoms with Crippen LogP contribution in [0.5, 0.6) is 0 Å². The lowest BCUT2D eigenvalue weighted by molar-refractivity contribution is -0.385. The molecule has 42 heavy (non-hydrogen) atoms. The summed E-state index contributed by atoms with van der Waals surface area (Å²) >= 11 is 6.96. The molecule has 1 heterocycles. The Morgan fingerprint density at radius 1 is 1.07 bits per heavy atom. The Labute approximate surface area is 246 Å². The molecule has 2 N–H and O–H groups in total. The number of hydrogen-bond acceptors (Lipinski definition) is 7. The second-order valence-corrected chi connectivity index (χ2v) is 10.4. The first-order valence-corrected chi connectivity index (χ1v) is 13.5. The minimum Gasteiger partial charge on any atom is -0.345 e. The summed E-state index contributed by atoms with van der Waals surface area (Å²) in [5.41, 5.74) is 0.729. The molecule has 0 saturated carbocycles. The number of rotatable bonds is 9. The first kappa shape index (κ1) is 30.5. The summed E-state index contributed by atoms with van der Waals surface area (Å²) in [4.78, 5) is 36.1. The molecular formula is C27H22ClF3N6O4S. The van der Waals surface area contributed by atoms with E-state index in [0.717, 1.165) is 35.5 Å². The Kier molecular flexibility index (Phi) is 9.17. The van der Waals surface area contributed by atoms with Gasteiger partial charge in [-0.05, 0) is 55.8 Å². The zero-order valence-corrected chi connectivity index (χ0v) is 23.6. The van der Waals surface area contributed by atoms with E-state index in [9.17, 15) is 32.9 Å². The Hall–Kier alpha value is -4.43. The van der Waals surface area contributed by atoms with Crippen LogP contribution in [0.3, 0.4) is 0 Å². The van der Waals surface area contributed by atoms with Crippen molar-refractivity contribution in [3.63, 3.8) is 0 Å². The van der Waals surface area contributed by atoms with Crippen molar-refractivity contribution < 1.29 is 27.7 Å². The van der Waals surface area contributed by atoms with Gasteiger partial charge in [0.25, 0.3) is 11.6 Å². The summed E-state index contributed by atoms with van der Waals surface area (Å²) in [7, 11) is 0. The van der Waals surface area contributed by atoms with Crippen molar-refractivity contribution in [1.29, 1.82) is 0 Å². The SMILES string of the molecule is Cc1cccc(-n2c(CNC(=O)c3ccc(C)c([N+](=O)[O-])c3)nnc2SCC(=O)Nc2cc(C(F)(F)F)ccc2Cl)c1. The normalized spacial score (nSPS) is 11.3. The first-order chi connectivity index (χ1) is 19.8. The molecule has 1 aromatic heterocycles. The number of nitro groups is 1. The Balaban J connectivity index is 1.52. The number of aromatic nitrogens is 3. The number of nitrogens with one attached hydrogen (secondary N) is 2. The van der Waals surface area contributed by atoms with Crippen molar-refractivity contribution >= 4 is 46.6 Å². The number of halogens is 4. The molecule has 10 nitrogen and oxygen atoms in total. The van der Waals surface area contributed by atoms with Gasteiger partial charge >= 0.3 is 6.18 Å². The number of nitro benzene ring substituents is 1. The highest BCUT2D eigenvalue weighted by atomic mass is 35.5. The number of aryl methyl sites for hydroxylation is 2. The monoisotopic (exact) mass is 618 g/mol. The molecule has 2 amide bonds.